The van der Waals surface area contributed by atoms with E-state index >= 15 is 0 Å². The molecule has 0 spiro atoms. The van der Waals surface area contributed by atoms with Crippen LogP contribution in [0.15, 0.2) is 47.3 Å². The number of nitrogens with one attached hydrogen (secondary N) is 3. The van der Waals surface area contributed by atoms with Crippen molar-refractivity contribution < 1.29 is 9.59 Å². The van der Waals surface area contributed by atoms with Crippen molar-refractivity contribution in [2.45, 2.75) is 39.2 Å². The molecule has 5 rings (SSSR count). The molecule has 3 heterocycles. The van der Waals surface area contributed by atoms with Gasteiger partial charge in [-0.05, 0) is 48.6 Å². The fourth-order valence-electron chi connectivity index (χ4n) is 4.50. The molecule has 8 nitrogen and oxygen atoms in total. The molecule has 3 aromatic rings. The van der Waals surface area contributed by atoms with Crippen molar-refractivity contribution in [2.75, 3.05) is 22.1 Å². The average molecular weight is 444 g/mol. The summed E-state index contributed by atoms with van der Waals surface area (Å²) in [4.78, 5) is 48.0. The van der Waals surface area contributed by atoms with Crippen LogP contribution in [-0.4, -0.2) is 28.3 Å². The zero-order valence-electron chi connectivity index (χ0n) is 18.6. The van der Waals surface area contributed by atoms with Gasteiger partial charge in [-0.1, -0.05) is 36.4 Å². The van der Waals surface area contributed by atoms with Crippen molar-refractivity contribution in [3.8, 4) is 0 Å². The molecule has 2 aliphatic heterocycles. The number of H-pyrrole nitrogens is 1. The maximum atomic E-state index is 13.1. The number of carbonyl (C=O) groups excluding carboxylic acids is 2. The summed E-state index contributed by atoms with van der Waals surface area (Å²) in [6.45, 7) is 5.15. The molecule has 0 saturated heterocycles. The number of carbonyl (C=O) groups is 2. The Kier molecular flexibility index (Phi) is 5.20. The molecule has 2 aromatic carbocycles. The lowest BCUT2D eigenvalue weighted by Crippen LogP contribution is -2.39. The molecule has 33 heavy (non-hydrogen) atoms. The average Bonchev–Trinajstić information content (AvgIpc) is 2.80. The SMILES string of the molecule is Cc1ccc(C)c(NC(=O)[C@H]2CC(=O)Nc3nc(N4CCc5ccccc5C4)[nH]c(=O)c32)c1. The highest BCUT2D eigenvalue weighted by Gasteiger charge is 2.35. The largest absolute Gasteiger partial charge is 0.338 e. The van der Waals surface area contributed by atoms with Crippen LogP contribution in [0.4, 0.5) is 17.5 Å². The van der Waals surface area contributed by atoms with Crippen LogP contribution in [0.5, 0.6) is 0 Å². The highest BCUT2D eigenvalue weighted by molar-refractivity contribution is 6.04. The van der Waals surface area contributed by atoms with Gasteiger partial charge in [-0.3, -0.25) is 19.4 Å². The van der Waals surface area contributed by atoms with Gasteiger partial charge in [-0.15, -0.1) is 0 Å². The third kappa shape index (κ3) is 4.00. The van der Waals surface area contributed by atoms with E-state index in [-0.39, 0.29) is 23.7 Å². The Hall–Kier alpha value is -3.94. The highest BCUT2D eigenvalue weighted by Crippen LogP contribution is 2.31. The molecule has 1 aromatic heterocycles. The Morgan fingerprint density at radius 1 is 1.12 bits per heavy atom. The van der Waals surface area contributed by atoms with Gasteiger partial charge in [0.25, 0.3) is 5.56 Å². The van der Waals surface area contributed by atoms with Gasteiger partial charge in [0.05, 0.1) is 11.5 Å². The van der Waals surface area contributed by atoms with Crippen LogP contribution in [0.3, 0.4) is 0 Å². The predicted octanol–water partition coefficient (Wildman–Crippen LogP) is 3.01. The summed E-state index contributed by atoms with van der Waals surface area (Å²) in [5.74, 6) is -1.10. The van der Waals surface area contributed by atoms with E-state index in [2.05, 4.69) is 32.7 Å². The number of aryl methyl sites for hydroxylation is 2. The summed E-state index contributed by atoms with van der Waals surface area (Å²) in [6.07, 6.45) is 0.731. The summed E-state index contributed by atoms with van der Waals surface area (Å²) in [7, 11) is 0. The first kappa shape index (κ1) is 20.9. The topological polar surface area (TPSA) is 107 Å². The number of anilines is 3. The first-order chi connectivity index (χ1) is 15.9. The number of rotatable bonds is 3. The Morgan fingerprint density at radius 3 is 2.73 bits per heavy atom. The van der Waals surface area contributed by atoms with Gasteiger partial charge < -0.3 is 15.5 Å². The quantitative estimate of drug-likeness (QED) is 0.577. The van der Waals surface area contributed by atoms with Crippen molar-refractivity contribution in [1.29, 1.82) is 0 Å². The van der Waals surface area contributed by atoms with Gasteiger partial charge >= 0.3 is 0 Å². The third-order valence-corrected chi connectivity index (χ3v) is 6.34. The maximum absolute atomic E-state index is 13.1. The lowest BCUT2D eigenvalue weighted by molar-refractivity contribution is -0.123. The molecule has 0 saturated carbocycles. The molecule has 2 amide bonds. The van der Waals surface area contributed by atoms with Crippen LogP contribution in [0.25, 0.3) is 0 Å². The molecule has 0 bridgehead atoms. The minimum absolute atomic E-state index is 0.106. The minimum Gasteiger partial charge on any atom is -0.338 e. The van der Waals surface area contributed by atoms with Crippen molar-refractivity contribution in [3.05, 3.63) is 80.6 Å². The molecule has 1 atom stereocenters. The molecule has 168 valence electrons. The monoisotopic (exact) mass is 443 g/mol. The Balaban J connectivity index is 1.46. The van der Waals surface area contributed by atoms with Gasteiger partial charge in [0.2, 0.25) is 17.8 Å². The van der Waals surface area contributed by atoms with Crippen LogP contribution in [-0.2, 0) is 22.6 Å². The molecule has 0 aliphatic carbocycles. The summed E-state index contributed by atoms with van der Waals surface area (Å²) in [5, 5.41) is 5.58. The second kappa shape index (κ2) is 8.20. The van der Waals surface area contributed by atoms with Crippen LogP contribution >= 0.6 is 0 Å². The van der Waals surface area contributed by atoms with Crippen molar-refractivity contribution in [3.63, 3.8) is 0 Å². The number of aromatic amines is 1. The smallest absolute Gasteiger partial charge is 0.258 e. The zero-order valence-corrected chi connectivity index (χ0v) is 18.6. The van der Waals surface area contributed by atoms with Gasteiger partial charge in [-0.25, -0.2) is 0 Å². The Morgan fingerprint density at radius 2 is 1.91 bits per heavy atom. The van der Waals surface area contributed by atoms with Gasteiger partial charge in [0.1, 0.15) is 5.82 Å². The molecule has 2 aliphatic rings. The van der Waals surface area contributed by atoms with Crippen LogP contribution in [0, 0.1) is 13.8 Å². The van der Waals surface area contributed by atoms with Crippen molar-refractivity contribution >= 4 is 29.3 Å². The first-order valence-corrected chi connectivity index (χ1v) is 11.0. The summed E-state index contributed by atoms with van der Waals surface area (Å²) in [5.41, 5.74) is 4.82. The van der Waals surface area contributed by atoms with E-state index in [9.17, 15) is 14.4 Å². The van der Waals surface area contributed by atoms with Crippen LogP contribution in [0.2, 0.25) is 0 Å². The van der Waals surface area contributed by atoms with E-state index in [0.717, 1.165) is 17.5 Å². The number of fused-ring (bicyclic) bond motifs is 2. The fourth-order valence-corrected chi connectivity index (χ4v) is 4.50. The fraction of sp³-hybridized carbons (Fsp3) is 0.280. The standard InChI is InChI=1S/C25H25N5O3/c1-14-7-8-15(2)19(11-14)26-23(32)18-12-20(31)27-22-21(18)24(33)29-25(28-22)30-10-9-16-5-3-4-6-17(16)13-30/h3-8,11,18H,9-10,12-13H2,1-2H3,(H,26,32)(H2,27,28,29,31,33)/t18-/m0/s1. The van der Waals surface area contributed by atoms with E-state index in [1.165, 1.54) is 11.1 Å². The number of nitrogens with zero attached hydrogens (tertiary/aromatic N) is 2. The molecule has 3 N–H and O–H groups in total. The van der Waals surface area contributed by atoms with E-state index in [1.807, 2.05) is 49.1 Å². The van der Waals surface area contributed by atoms with E-state index in [1.54, 1.807) is 0 Å². The lowest BCUT2D eigenvalue weighted by atomic mass is 9.92. The van der Waals surface area contributed by atoms with Crippen LogP contribution in [0.1, 0.15) is 40.2 Å². The molecule has 8 heteroatoms. The lowest BCUT2D eigenvalue weighted by Gasteiger charge is -2.30. The molecule has 0 fully saturated rings. The minimum atomic E-state index is -0.916. The first-order valence-electron chi connectivity index (χ1n) is 11.0. The summed E-state index contributed by atoms with van der Waals surface area (Å²) >= 11 is 0. The predicted molar refractivity (Wildman–Crippen MR) is 127 cm³/mol. The van der Waals surface area contributed by atoms with E-state index in [4.69, 9.17) is 0 Å². The van der Waals surface area contributed by atoms with E-state index in [0.29, 0.717) is 24.7 Å². The molecule has 0 unspecified atom stereocenters. The van der Waals surface area contributed by atoms with E-state index < -0.39 is 17.4 Å². The highest BCUT2D eigenvalue weighted by atomic mass is 16.2. The number of hydrogen-bond acceptors (Lipinski definition) is 5. The molecule has 0 radical (unpaired) electrons. The van der Waals surface area contributed by atoms with Gasteiger partial charge in [0, 0.05) is 25.2 Å². The Labute approximate surface area is 191 Å². The second-order valence-electron chi connectivity index (χ2n) is 8.70. The van der Waals surface area contributed by atoms with Crippen molar-refractivity contribution in [1.82, 2.24) is 9.97 Å². The summed E-state index contributed by atoms with van der Waals surface area (Å²) < 4.78 is 0. The number of aromatic nitrogens is 2. The molecular weight excluding hydrogens is 418 g/mol. The summed E-state index contributed by atoms with van der Waals surface area (Å²) in [6, 6.07) is 13.9. The molecular formula is C25H25N5O3. The number of benzene rings is 2. The number of hydrogen-bond donors (Lipinski definition) is 3. The third-order valence-electron chi connectivity index (χ3n) is 6.34. The Bertz CT molecular complexity index is 1330. The van der Waals surface area contributed by atoms with Crippen molar-refractivity contribution in [2.24, 2.45) is 0 Å². The normalized spacial score (nSPS) is 17.1. The van der Waals surface area contributed by atoms with Gasteiger partial charge in [-0.2, -0.15) is 4.98 Å². The zero-order chi connectivity index (χ0) is 23.1. The maximum Gasteiger partial charge on any atom is 0.258 e. The van der Waals surface area contributed by atoms with Gasteiger partial charge in [0.15, 0.2) is 0 Å². The van der Waals surface area contributed by atoms with Crippen LogP contribution < -0.4 is 21.1 Å². The number of amides is 2. The second-order valence-corrected chi connectivity index (χ2v) is 8.70.